The molecule has 0 fully saturated rings. The summed E-state index contributed by atoms with van der Waals surface area (Å²) in [7, 11) is 0. The number of ether oxygens (including phenoxy) is 1. The van der Waals surface area contributed by atoms with Gasteiger partial charge in [0.2, 0.25) is 5.91 Å². The molecule has 0 atom stereocenters. The fourth-order valence-electron chi connectivity index (χ4n) is 2.63. The van der Waals surface area contributed by atoms with Crippen LogP contribution in [0.25, 0.3) is 10.2 Å². The molecule has 0 aliphatic carbocycles. The third kappa shape index (κ3) is 5.39. The predicted molar refractivity (Wildman–Crippen MR) is 119 cm³/mol. The second-order valence-electron chi connectivity index (χ2n) is 5.86. The molecule has 0 aliphatic rings. The highest BCUT2D eigenvalue weighted by molar-refractivity contribution is 7.99. The summed E-state index contributed by atoms with van der Waals surface area (Å²) in [4.78, 5) is 18.5. The number of benzene rings is 2. The summed E-state index contributed by atoms with van der Waals surface area (Å²) in [6.07, 6.45) is 0.369. The van der Waals surface area contributed by atoms with E-state index in [4.69, 9.17) is 27.9 Å². The standard InChI is InChI=1S/C20H20Cl2N2O2S2/c1-2-26-12-11-24-19-16(9-8-15(21)18(19)22)28-20(24)23-17(25)10-13-27-14-6-4-3-5-7-14/h3-9H,2,10-13H2,1H3. The zero-order chi connectivity index (χ0) is 19.9. The predicted octanol–water partition coefficient (Wildman–Crippen LogP) is 5.66. The summed E-state index contributed by atoms with van der Waals surface area (Å²) in [5.41, 5.74) is 0.795. The molecule has 3 rings (SSSR count). The zero-order valence-electron chi connectivity index (χ0n) is 15.4. The number of carbonyl (C=O) groups is 1. The molecular weight excluding hydrogens is 435 g/mol. The number of nitrogens with zero attached hydrogens (tertiary/aromatic N) is 2. The highest BCUT2D eigenvalue weighted by atomic mass is 35.5. The van der Waals surface area contributed by atoms with Crippen molar-refractivity contribution in [1.82, 2.24) is 4.57 Å². The molecule has 0 saturated heterocycles. The molecule has 0 saturated carbocycles. The van der Waals surface area contributed by atoms with Gasteiger partial charge in [0.25, 0.3) is 0 Å². The molecular formula is C20H20Cl2N2O2S2. The van der Waals surface area contributed by atoms with Gasteiger partial charge in [-0.2, -0.15) is 4.99 Å². The molecule has 0 spiro atoms. The van der Waals surface area contributed by atoms with Crippen molar-refractivity contribution < 1.29 is 9.53 Å². The maximum absolute atomic E-state index is 12.4. The number of aromatic nitrogens is 1. The number of hydrogen-bond donors (Lipinski definition) is 0. The van der Waals surface area contributed by atoms with Crippen molar-refractivity contribution in [2.45, 2.75) is 24.8 Å². The summed E-state index contributed by atoms with van der Waals surface area (Å²) in [5.74, 6) is 0.533. The summed E-state index contributed by atoms with van der Waals surface area (Å²) >= 11 is 15.7. The number of rotatable bonds is 8. The molecule has 8 heteroatoms. The van der Waals surface area contributed by atoms with E-state index in [1.54, 1.807) is 17.8 Å². The smallest absolute Gasteiger partial charge is 0.249 e. The topological polar surface area (TPSA) is 43.6 Å². The lowest BCUT2D eigenvalue weighted by atomic mass is 10.3. The molecule has 28 heavy (non-hydrogen) atoms. The maximum Gasteiger partial charge on any atom is 0.249 e. The van der Waals surface area contributed by atoms with Crippen LogP contribution >= 0.6 is 46.3 Å². The molecule has 2 aromatic carbocycles. The summed E-state index contributed by atoms with van der Waals surface area (Å²) in [5, 5.41) is 0.953. The fraction of sp³-hybridized carbons (Fsp3) is 0.300. The summed E-state index contributed by atoms with van der Waals surface area (Å²) in [6, 6.07) is 13.7. The molecule has 0 radical (unpaired) electrons. The SMILES string of the molecule is CCOCCn1c(=NC(=O)CCSc2ccccc2)sc2ccc(Cl)c(Cl)c21. The lowest BCUT2D eigenvalue weighted by Gasteiger charge is -2.07. The quantitative estimate of drug-likeness (QED) is 0.325. The summed E-state index contributed by atoms with van der Waals surface area (Å²) in [6.45, 7) is 3.63. The van der Waals surface area contributed by atoms with Gasteiger partial charge in [-0.25, -0.2) is 0 Å². The number of fused-ring (bicyclic) bond motifs is 1. The van der Waals surface area contributed by atoms with Gasteiger partial charge in [-0.3, -0.25) is 4.79 Å². The van der Waals surface area contributed by atoms with Gasteiger partial charge < -0.3 is 9.30 Å². The highest BCUT2D eigenvalue weighted by Crippen LogP contribution is 2.32. The van der Waals surface area contributed by atoms with Crippen LogP contribution in [0, 0.1) is 0 Å². The minimum absolute atomic E-state index is 0.151. The Morgan fingerprint density at radius 2 is 2.00 bits per heavy atom. The number of amides is 1. The lowest BCUT2D eigenvalue weighted by Crippen LogP contribution is -2.20. The van der Waals surface area contributed by atoms with Gasteiger partial charge in [0, 0.05) is 30.2 Å². The molecule has 0 unspecified atom stereocenters. The Morgan fingerprint density at radius 3 is 2.75 bits per heavy atom. The van der Waals surface area contributed by atoms with Crippen LogP contribution in [-0.2, 0) is 16.1 Å². The van der Waals surface area contributed by atoms with Crippen molar-refractivity contribution in [2.24, 2.45) is 4.99 Å². The Labute approximate surface area is 182 Å². The van der Waals surface area contributed by atoms with E-state index in [0.717, 1.165) is 15.1 Å². The maximum atomic E-state index is 12.4. The minimum Gasteiger partial charge on any atom is -0.380 e. The number of thiazole rings is 1. The van der Waals surface area contributed by atoms with E-state index in [0.29, 0.717) is 46.8 Å². The van der Waals surface area contributed by atoms with Crippen molar-refractivity contribution in [3.05, 3.63) is 57.3 Å². The van der Waals surface area contributed by atoms with Gasteiger partial charge in [0.05, 0.1) is 26.9 Å². The highest BCUT2D eigenvalue weighted by Gasteiger charge is 2.13. The molecule has 148 valence electrons. The van der Waals surface area contributed by atoms with Gasteiger partial charge in [-0.1, -0.05) is 52.7 Å². The van der Waals surface area contributed by atoms with Crippen molar-refractivity contribution in [3.8, 4) is 0 Å². The van der Waals surface area contributed by atoms with E-state index >= 15 is 0 Å². The lowest BCUT2D eigenvalue weighted by molar-refractivity contribution is -0.117. The number of thioether (sulfide) groups is 1. The third-order valence-corrected chi connectivity index (χ3v) is 6.80. The van der Waals surface area contributed by atoms with Crippen LogP contribution in [-0.4, -0.2) is 29.4 Å². The molecule has 3 aromatic rings. The van der Waals surface area contributed by atoms with E-state index in [1.807, 2.05) is 47.9 Å². The number of hydrogen-bond acceptors (Lipinski definition) is 4. The molecule has 1 heterocycles. The van der Waals surface area contributed by atoms with Gasteiger partial charge in [-0.15, -0.1) is 11.8 Å². The van der Waals surface area contributed by atoms with Crippen molar-refractivity contribution in [3.63, 3.8) is 0 Å². The normalized spacial score (nSPS) is 12.0. The van der Waals surface area contributed by atoms with Crippen LogP contribution in [0.2, 0.25) is 10.0 Å². The number of carbonyl (C=O) groups excluding carboxylic acids is 1. The number of halogens is 2. The second kappa shape index (κ2) is 10.5. The van der Waals surface area contributed by atoms with Crippen LogP contribution in [0.1, 0.15) is 13.3 Å². The van der Waals surface area contributed by atoms with Crippen LogP contribution in [0.3, 0.4) is 0 Å². The zero-order valence-corrected chi connectivity index (χ0v) is 18.5. The largest absolute Gasteiger partial charge is 0.380 e. The average molecular weight is 455 g/mol. The first-order valence-corrected chi connectivity index (χ1v) is 11.5. The molecule has 1 amide bonds. The Morgan fingerprint density at radius 1 is 1.21 bits per heavy atom. The Bertz CT molecular complexity index is 1020. The minimum atomic E-state index is -0.151. The van der Waals surface area contributed by atoms with Crippen LogP contribution in [0.5, 0.6) is 0 Å². The Balaban J connectivity index is 1.82. The average Bonchev–Trinajstić information content (AvgIpc) is 3.04. The van der Waals surface area contributed by atoms with E-state index in [2.05, 4.69) is 4.99 Å². The van der Waals surface area contributed by atoms with Crippen LogP contribution in [0.15, 0.2) is 52.4 Å². The third-order valence-electron chi connectivity index (χ3n) is 3.95. The Kier molecular flexibility index (Phi) is 8.00. The summed E-state index contributed by atoms with van der Waals surface area (Å²) < 4.78 is 8.34. The molecule has 0 N–H and O–H groups in total. The fourth-order valence-corrected chi connectivity index (χ4v) is 5.05. The van der Waals surface area contributed by atoms with Crippen LogP contribution < -0.4 is 4.80 Å². The first-order valence-electron chi connectivity index (χ1n) is 8.90. The van der Waals surface area contributed by atoms with E-state index < -0.39 is 0 Å². The van der Waals surface area contributed by atoms with Gasteiger partial charge >= 0.3 is 0 Å². The molecule has 4 nitrogen and oxygen atoms in total. The van der Waals surface area contributed by atoms with Crippen LogP contribution in [0.4, 0.5) is 0 Å². The van der Waals surface area contributed by atoms with E-state index in [1.165, 1.54) is 11.3 Å². The van der Waals surface area contributed by atoms with Gasteiger partial charge in [0.1, 0.15) is 0 Å². The van der Waals surface area contributed by atoms with E-state index in [-0.39, 0.29) is 5.91 Å². The van der Waals surface area contributed by atoms with Crippen molar-refractivity contribution in [1.29, 1.82) is 0 Å². The molecule has 0 aliphatic heterocycles. The Hall–Kier alpha value is -1.31. The first kappa shape index (κ1) is 21.4. The van der Waals surface area contributed by atoms with Gasteiger partial charge in [0.15, 0.2) is 4.80 Å². The second-order valence-corrected chi connectivity index (χ2v) is 8.82. The van der Waals surface area contributed by atoms with Crippen molar-refractivity contribution in [2.75, 3.05) is 19.0 Å². The van der Waals surface area contributed by atoms with Crippen molar-refractivity contribution >= 4 is 62.4 Å². The first-order chi connectivity index (χ1) is 13.6. The monoisotopic (exact) mass is 454 g/mol. The molecule has 0 bridgehead atoms. The molecule has 1 aromatic heterocycles. The van der Waals surface area contributed by atoms with E-state index in [9.17, 15) is 4.79 Å². The van der Waals surface area contributed by atoms with Gasteiger partial charge in [-0.05, 0) is 31.2 Å².